The van der Waals surface area contributed by atoms with Crippen molar-refractivity contribution in [2.75, 3.05) is 0 Å². The van der Waals surface area contributed by atoms with Gasteiger partial charge in [0, 0.05) is 17.8 Å². The van der Waals surface area contributed by atoms with Gasteiger partial charge in [0.2, 0.25) is 0 Å². The molecule has 1 fully saturated rings. The summed E-state index contributed by atoms with van der Waals surface area (Å²) in [5.41, 5.74) is 4.28. The van der Waals surface area contributed by atoms with Crippen LogP contribution in [0.15, 0.2) is 18.5 Å². The van der Waals surface area contributed by atoms with E-state index in [0.717, 1.165) is 6.20 Å². The predicted octanol–water partition coefficient (Wildman–Crippen LogP) is 2.29. The van der Waals surface area contributed by atoms with Crippen molar-refractivity contribution in [1.82, 2.24) is 4.98 Å². The van der Waals surface area contributed by atoms with Crippen molar-refractivity contribution >= 4 is 0 Å². The van der Waals surface area contributed by atoms with Gasteiger partial charge in [0.1, 0.15) is 11.5 Å². The van der Waals surface area contributed by atoms with E-state index in [4.69, 9.17) is 5.73 Å². The molecule has 2 rings (SSSR count). The first-order valence-electron chi connectivity index (χ1n) is 5.16. The Hall–Kier alpha value is -1.03. The van der Waals surface area contributed by atoms with Gasteiger partial charge in [-0.1, -0.05) is 0 Å². The Morgan fingerprint density at radius 2 is 2.07 bits per heavy atom. The van der Waals surface area contributed by atoms with Crippen LogP contribution in [0.4, 0.5) is 8.78 Å². The van der Waals surface area contributed by atoms with Crippen LogP contribution in [-0.4, -0.2) is 11.0 Å². The number of alkyl halides is 1. The van der Waals surface area contributed by atoms with Gasteiger partial charge in [-0.05, 0) is 31.7 Å². The zero-order valence-corrected chi connectivity index (χ0v) is 8.42. The van der Waals surface area contributed by atoms with Gasteiger partial charge in [-0.25, -0.2) is 8.78 Å². The minimum Gasteiger partial charge on any atom is -0.328 e. The second-order valence-corrected chi connectivity index (χ2v) is 4.16. The molecule has 0 saturated heterocycles. The maximum atomic E-state index is 14.4. The molecule has 0 radical (unpaired) electrons. The van der Waals surface area contributed by atoms with Crippen LogP contribution in [0.2, 0.25) is 0 Å². The number of hydrogen-bond donors (Lipinski definition) is 1. The van der Waals surface area contributed by atoms with Crippen molar-refractivity contribution < 1.29 is 8.78 Å². The van der Waals surface area contributed by atoms with Gasteiger partial charge in [0.25, 0.3) is 0 Å². The van der Waals surface area contributed by atoms with Crippen LogP contribution in [0, 0.1) is 5.82 Å². The van der Waals surface area contributed by atoms with Crippen LogP contribution in [0.25, 0.3) is 0 Å². The van der Waals surface area contributed by atoms with E-state index in [0.29, 0.717) is 25.7 Å². The summed E-state index contributed by atoms with van der Waals surface area (Å²) >= 11 is 0. The lowest BCUT2D eigenvalue weighted by Crippen LogP contribution is -2.34. The third-order valence-corrected chi connectivity index (χ3v) is 3.08. The number of hydrogen-bond acceptors (Lipinski definition) is 2. The Balaban J connectivity index is 2.26. The Morgan fingerprint density at radius 1 is 1.40 bits per heavy atom. The smallest absolute Gasteiger partial charge is 0.147 e. The molecule has 0 bridgehead atoms. The van der Waals surface area contributed by atoms with Crippen LogP contribution in [-0.2, 0) is 5.67 Å². The third kappa shape index (κ3) is 2.00. The normalized spacial score (nSPS) is 31.5. The predicted molar refractivity (Wildman–Crippen MR) is 53.4 cm³/mol. The van der Waals surface area contributed by atoms with Gasteiger partial charge >= 0.3 is 0 Å². The van der Waals surface area contributed by atoms with Crippen molar-refractivity contribution in [3.05, 3.63) is 29.8 Å². The molecular weight excluding hydrogens is 198 g/mol. The molecular formula is C11H14F2N2. The maximum absolute atomic E-state index is 14.4. The van der Waals surface area contributed by atoms with Crippen molar-refractivity contribution in [1.29, 1.82) is 0 Å². The molecule has 2 N–H and O–H groups in total. The summed E-state index contributed by atoms with van der Waals surface area (Å²) in [4.78, 5) is 3.62. The minimum absolute atomic E-state index is 0.0544. The van der Waals surface area contributed by atoms with Crippen LogP contribution >= 0.6 is 0 Å². The van der Waals surface area contributed by atoms with Gasteiger partial charge in [-0.3, -0.25) is 4.98 Å². The molecule has 4 heteroatoms. The molecule has 0 atom stereocenters. The van der Waals surface area contributed by atoms with Gasteiger partial charge in [-0.15, -0.1) is 0 Å². The fourth-order valence-corrected chi connectivity index (χ4v) is 2.11. The molecule has 1 aromatic rings. The third-order valence-electron chi connectivity index (χ3n) is 3.08. The van der Waals surface area contributed by atoms with E-state index in [2.05, 4.69) is 4.98 Å². The van der Waals surface area contributed by atoms with Gasteiger partial charge in [0.15, 0.2) is 0 Å². The van der Waals surface area contributed by atoms with E-state index < -0.39 is 11.5 Å². The second-order valence-electron chi connectivity index (χ2n) is 4.16. The molecule has 0 aliphatic heterocycles. The largest absolute Gasteiger partial charge is 0.328 e. The van der Waals surface area contributed by atoms with Crippen molar-refractivity contribution in [3.63, 3.8) is 0 Å². The standard InChI is InChI=1S/C11H14F2N2/c12-10-7-15-6-3-9(10)11(13)4-1-8(14)2-5-11/h3,6-8H,1-2,4-5,14H2. The molecule has 1 heterocycles. The fourth-order valence-electron chi connectivity index (χ4n) is 2.11. The summed E-state index contributed by atoms with van der Waals surface area (Å²) < 4.78 is 27.8. The zero-order valence-electron chi connectivity index (χ0n) is 8.42. The zero-order chi connectivity index (χ0) is 10.9. The number of aromatic nitrogens is 1. The number of halogens is 2. The van der Waals surface area contributed by atoms with Gasteiger partial charge in [-0.2, -0.15) is 0 Å². The van der Waals surface area contributed by atoms with Crippen molar-refractivity contribution in [2.24, 2.45) is 5.73 Å². The minimum atomic E-state index is -1.55. The lowest BCUT2D eigenvalue weighted by atomic mass is 9.79. The Labute approximate surface area is 87.5 Å². The van der Waals surface area contributed by atoms with Crippen LogP contribution in [0.3, 0.4) is 0 Å². The average molecular weight is 212 g/mol. The van der Waals surface area contributed by atoms with E-state index in [9.17, 15) is 8.78 Å². The SMILES string of the molecule is NC1CCC(F)(c2ccncc2F)CC1. The van der Waals surface area contributed by atoms with Crippen LogP contribution in [0.1, 0.15) is 31.2 Å². The lowest BCUT2D eigenvalue weighted by molar-refractivity contribution is 0.0933. The molecule has 15 heavy (non-hydrogen) atoms. The van der Waals surface area contributed by atoms with Gasteiger partial charge in [0.05, 0.1) is 6.20 Å². The highest BCUT2D eigenvalue weighted by Crippen LogP contribution is 2.41. The fraction of sp³-hybridized carbons (Fsp3) is 0.545. The quantitative estimate of drug-likeness (QED) is 0.775. The number of nitrogens with two attached hydrogens (primary N) is 1. The first kappa shape index (κ1) is 10.5. The average Bonchev–Trinajstić information content (AvgIpc) is 2.23. The monoisotopic (exact) mass is 212 g/mol. The van der Waals surface area contributed by atoms with Crippen LogP contribution < -0.4 is 5.73 Å². The molecule has 1 aliphatic rings. The van der Waals surface area contributed by atoms with Gasteiger partial charge < -0.3 is 5.73 Å². The highest BCUT2D eigenvalue weighted by Gasteiger charge is 2.37. The maximum Gasteiger partial charge on any atom is 0.147 e. The lowest BCUT2D eigenvalue weighted by Gasteiger charge is -2.32. The molecule has 1 aliphatic carbocycles. The summed E-state index contributed by atoms with van der Waals surface area (Å²) in [5.74, 6) is -0.560. The first-order chi connectivity index (χ1) is 7.12. The van der Waals surface area contributed by atoms with E-state index >= 15 is 0 Å². The first-order valence-corrected chi connectivity index (χ1v) is 5.16. The molecule has 0 unspecified atom stereocenters. The van der Waals surface area contributed by atoms with Crippen LogP contribution in [0.5, 0.6) is 0 Å². The second kappa shape index (κ2) is 3.85. The summed E-state index contributed by atoms with van der Waals surface area (Å²) in [7, 11) is 0. The molecule has 1 saturated carbocycles. The van der Waals surface area contributed by atoms with E-state index in [1.165, 1.54) is 12.3 Å². The van der Waals surface area contributed by atoms with E-state index in [-0.39, 0.29) is 11.6 Å². The summed E-state index contributed by atoms with van der Waals surface area (Å²) in [6.45, 7) is 0. The Bertz CT molecular complexity index is 346. The molecule has 1 aromatic heterocycles. The highest BCUT2D eigenvalue weighted by molar-refractivity contribution is 5.22. The van der Waals surface area contributed by atoms with E-state index in [1.807, 2.05) is 0 Å². The molecule has 0 spiro atoms. The number of nitrogens with zero attached hydrogens (tertiary/aromatic N) is 1. The Morgan fingerprint density at radius 3 is 2.67 bits per heavy atom. The Kier molecular flexibility index (Phi) is 2.69. The van der Waals surface area contributed by atoms with Crippen molar-refractivity contribution in [3.8, 4) is 0 Å². The van der Waals surface area contributed by atoms with E-state index in [1.54, 1.807) is 0 Å². The molecule has 82 valence electrons. The highest BCUT2D eigenvalue weighted by atomic mass is 19.1. The topological polar surface area (TPSA) is 38.9 Å². The summed E-state index contributed by atoms with van der Waals surface area (Å²) in [6.07, 6.45) is 4.31. The number of pyridine rings is 1. The summed E-state index contributed by atoms with van der Waals surface area (Å²) in [5, 5.41) is 0. The molecule has 2 nitrogen and oxygen atoms in total. The molecule has 0 amide bonds. The molecule has 0 aromatic carbocycles. The summed E-state index contributed by atoms with van der Waals surface area (Å²) in [6, 6.07) is 1.48. The number of rotatable bonds is 1. The van der Waals surface area contributed by atoms with Crippen molar-refractivity contribution in [2.45, 2.75) is 37.4 Å².